The maximum absolute atomic E-state index is 5.67. The van der Waals surface area contributed by atoms with E-state index in [1.54, 1.807) is 0 Å². The van der Waals surface area contributed by atoms with Gasteiger partial charge in [0.2, 0.25) is 0 Å². The molecule has 122 valence electrons. The Morgan fingerprint density at radius 2 is 1.91 bits per heavy atom. The summed E-state index contributed by atoms with van der Waals surface area (Å²) in [6, 6.07) is 6.21. The zero-order valence-electron chi connectivity index (χ0n) is 13.6. The average Bonchev–Trinajstić information content (AvgIpc) is 2.98. The molecule has 0 bridgehead atoms. The van der Waals surface area contributed by atoms with Gasteiger partial charge in [-0.2, -0.15) is 5.10 Å². The maximum atomic E-state index is 5.67. The van der Waals surface area contributed by atoms with Gasteiger partial charge in [0.05, 0.1) is 5.69 Å². The molecule has 2 aliphatic rings. The van der Waals surface area contributed by atoms with Crippen LogP contribution in [0.5, 0.6) is 11.5 Å². The minimum absolute atomic E-state index is 0.631. The first-order chi connectivity index (χ1) is 11.3. The van der Waals surface area contributed by atoms with Gasteiger partial charge in [-0.1, -0.05) is 6.07 Å². The van der Waals surface area contributed by atoms with Crippen molar-refractivity contribution in [1.29, 1.82) is 0 Å². The van der Waals surface area contributed by atoms with Crippen LogP contribution in [0.4, 0.5) is 0 Å². The number of nitrogens with one attached hydrogen (secondary N) is 1. The molecule has 23 heavy (non-hydrogen) atoms. The summed E-state index contributed by atoms with van der Waals surface area (Å²) in [5, 5.41) is 7.76. The Labute approximate surface area is 136 Å². The molecular formula is C18H23N3O2. The molecule has 4 rings (SSSR count). The number of aryl methyl sites for hydroxylation is 1. The van der Waals surface area contributed by atoms with E-state index in [9.17, 15) is 0 Å². The van der Waals surface area contributed by atoms with Crippen LogP contribution >= 0.6 is 0 Å². The van der Waals surface area contributed by atoms with Crippen molar-refractivity contribution in [3.8, 4) is 11.5 Å². The van der Waals surface area contributed by atoms with Gasteiger partial charge in [0.1, 0.15) is 13.2 Å². The van der Waals surface area contributed by atoms with Crippen molar-refractivity contribution >= 4 is 0 Å². The molecule has 1 N–H and O–H groups in total. The molecule has 2 aromatic rings. The highest BCUT2D eigenvalue weighted by molar-refractivity contribution is 5.43. The van der Waals surface area contributed by atoms with Crippen molar-refractivity contribution < 1.29 is 9.47 Å². The summed E-state index contributed by atoms with van der Waals surface area (Å²) in [5.41, 5.74) is 5.24. The molecule has 0 saturated carbocycles. The van der Waals surface area contributed by atoms with Crippen LogP contribution in [0.1, 0.15) is 35.4 Å². The molecule has 5 nitrogen and oxygen atoms in total. The number of rotatable bonds is 4. The summed E-state index contributed by atoms with van der Waals surface area (Å²) in [6.07, 6.45) is 4.88. The van der Waals surface area contributed by atoms with Crippen LogP contribution in [0.25, 0.3) is 0 Å². The number of fused-ring (bicyclic) bond motifs is 2. The zero-order valence-corrected chi connectivity index (χ0v) is 13.6. The third-order valence-electron chi connectivity index (χ3n) is 4.62. The Hall–Kier alpha value is -2.01. The quantitative estimate of drug-likeness (QED) is 0.943. The van der Waals surface area contributed by atoms with Crippen molar-refractivity contribution in [2.45, 2.75) is 38.8 Å². The number of ether oxygens (including phenoxy) is 2. The molecule has 2 heterocycles. The predicted molar refractivity (Wildman–Crippen MR) is 87.8 cm³/mol. The molecule has 5 heteroatoms. The van der Waals surface area contributed by atoms with Gasteiger partial charge in [0, 0.05) is 18.8 Å². The molecule has 1 aromatic heterocycles. The monoisotopic (exact) mass is 313 g/mol. The number of hydrogen-bond acceptors (Lipinski definition) is 4. The molecule has 0 atom stereocenters. The first-order valence-corrected chi connectivity index (χ1v) is 8.41. The SMILES string of the molecule is CN(Cc1ccc2c(c1)OCCO2)Cc1n[nH]c2c1CCCC2. The number of aromatic amines is 1. The molecule has 0 fully saturated rings. The smallest absolute Gasteiger partial charge is 0.161 e. The molecule has 1 aliphatic carbocycles. The molecule has 0 amide bonds. The summed E-state index contributed by atoms with van der Waals surface area (Å²) >= 11 is 0. The van der Waals surface area contributed by atoms with Crippen LogP contribution in [0.2, 0.25) is 0 Å². The van der Waals surface area contributed by atoms with Gasteiger partial charge in [-0.15, -0.1) is 0 Å². The maximum Gasteiger partial charge on any atom is 0.161 e. The Morgan fingerprint density at radius 3 is 2.83 bits per heavy atom. The minimum atomic E-state index is 0.631. The standard InChI is InChI=1S/C18H23N3O2/c1-21(12-16-14-4-2-3-5-15(14)19-20-16)11-13-6-7-17-18(10-13)23-9-8-22-17/h6-7,10H,2-5,8-9,11-12H2,1H3,(H,19,20). The normalized spacial score (nSPS) is 16.4. The van der Waals surface area contributed by atoms with Crippen LogP contribution in [0.3, 0.4) is 0 Å². The number of H-pyrrole nitrogens is 1. The fourth-order valence-electron chi connectivity index (χ4n) is 3.49. The number of aromatic nitrogens is 2. The highest BCUT2D eigenvalue weighted by atomic mass is 16.6. The second-order valence-electron chi connectivity index (χ2n) is 6.48. The summed E-state index contributed by atoms with van der Waals surface area (Å²) in [6.45, 7) is 3.01. The molecular weight excluding hydrogens is 290 g/mol. The zero-order chi connectivity index (χ0) is 15.6. The van der Waals surface area contributed by atoms with E-state index in [1.807, 2.05) is 6.07 Å². The highest BCUT2D eigenvalue weighted by Gasteiger charge is 2.18. The third-order valence-corrected chi connectivity index (χ3v) is 4.62. The van der Waals surface area contributed by atoms with E-state index in [0.717, 1.165) is 31.0 Å². The highest BCUT2D eigenvalue weighted by Crippen LogP contribution is 2.31. The van der Waals surface area contributed by atoms with E-state index in [0.29, 0.717) is 13.2 Å². The van der Waals surface area contributed by atoms with Crippen LogP contribution < -0.4 is 9.47 Å². The third kappa shape index (κ3) is 3.06. The topological polar surface area (TPSA) is 50.4 Å². The van der Waals surface area contributed by atoms with Crippen LogP contribution in [0, 0.1) is 0 Å². The van der Waals surface area contributed by atoms with E-state index in [-0.39, 0.29) is 0 Å². The lowest BCUT2D eigenvalue weighted by Gasteiger charge is -2.21. The van der Waals surface area contributed by atoms with Gasteiger partial charge in [-0.05, 0) is 56.0 Å². The first-order valence-electron chi connectivity index (χ1n) is 8.41. The van der Waals surface area contributed by atoms with Gasteiger partial charge < -0.3 is 9.47 Å². The lowest BCUT2D eigenvalue weighted by molar-refractivity contribution is 0.171. The van der Waals surface area contributed by atoms with Crippen molar-refractivity contribution in [3.63, 3.8) is 0 Å². The Bertz CT molecular complexity index is 696. The molecule has 0 unspecified atom stereocenters. The Kier molecular flexibility index (Phi) is 3.95. The predicted octanol–water partition coefficient (Wildman–Crippen LogP) is 2.69. The van der Waals surface area contributed by atoms with Gasteiger partial charge in [0.25, 0.3) is 0 Å². The summed E-state index contributed by atoms with van der Waals surface area (Å²) in [7, 11) is 2.14. The lowest BCUT2D eigenvalue weighted by atomic mass is 9.96. The molecule has 1 aromatic carbocycles. The van der Waals surface area contributed by atoms with Crippen molar-refractivity contribution in [2.24, 2.45) is 0 Å². The number of nitrogens with zero attached hydrogens (tertiary/aromatic N) is 2. The van der Waals surface area contributed by atoms with Crippen molar-refractivity contribution in [1.82, 2.24) is 15.1 Å². The minimum Gasteiger partial charge on any atom is -0.486 e. The first kappa shape index (κ1) is 14.6. The molecule has 0 radical (unpaired) electrons. The number of benzene rings is 1. The average molecular weight is 313 g/mol. The lowest BCUT2D eigenvalue weighted by Crippen LogP contribution is -2.19. The number of hydrogen-bond donors (Lipinski definition) is 1. The van der Waals surface area contributed by atoms with Crippen LogP contribution in [-0.4, -0.2) is 35.4 Å². The molecule has 0 saturated heterocycles. The van der Waals surface area contributed by atoms with Crippen LogP contribution in [-0.2, 0) is 25.9 Å². The largest absolute Gasteiger partial charge is 0.486 e. The van der Waals surface area contributed by atoms with E-state index in [4.69, 9.17) is 9.47 Å². The van der Waals surface area contributed by atoms with Crippen LogP contribution in [0.15, 0.2) is 18.2 Å². The second-order valence-corrected chi connectivity index (χ2v) is 6.48. The molecule has 0 spiro atoms. The summed E-state index contributed by atoms with van der Waals surface area (Å²) in [4.78, 5) is 2.30. The summed E-state index contributed by atoms with van der Waals surface area (Å²) in [5.74, 6) is 1.71. The van der Waals surface area contributed by atoms with Crippen molar-refractivity contribution in [3.05, 3.63) is 40.7 Å². The Morgan fingerprint density at radius 1 is 1.09 bits per heavy atom. The fourth-order valence-corrected chi connectivity index (χ4v) is 3.49. The van der Waals surface area contributed by atoms with E-state index in [1.165, 1.54) is 41.8 Å². The van der Waals surface area contributed by atoms with E-state index >= 15 is 0 Å². The van der Waals surface area contributed by atoms with Crippen molar-refractivity contribution in [2.75, 3.05) is 20.3 Å². The molecule has 1 aliphatic heterocycles. The van der Waals surface area contributed by atoms with Gasteiger partial charge in [-0.3, -0.25) is 10.00 Å². The second kappa shape index (κ2) is 6.24. The van der Waals surface area contributed by atoms with Gasteiger partial charge in [-0.25, -0.2) is 0 Å². The van der Waals surface area contributed by atoms with Gasteiger partial charge in [0.15, 0.2) is 11.5 Å². The fraction of sp³-hybridized carbons (Fsp3) is 0.500. The van der Waals surface area contributed by atoms with Gasteiger partial charge >= 0.3 is 0 Å². The van der Waals surface area contributed by atoms with E-state index < -0.39 is 0 Å². The summed E-state index contributed by atoms with van der Waals surface area (Å²) < 4.78 is 11.2. The Balaban J connectivity index is 1.44. The van der Waals surface area contributed by atoms with E-state index in [2.05, 4.69) is 34.3 Å².